The molecule has 1 aliphatic rings. The van der Waals surface area contributed by atoms with E-state index in [0.717, 1.165) is 6.07 Å². The quantitative estimate of drug-likeness (QED) is 0.335. The number of halogens is 2. The Morgan fingerprint density at radius 1 is 1.12 bits per heavy atom. The molecule has 14 heteroatoms. The molecular formula is C19H17Cl2N3O8S. The molecule has 3 rings (SSSR count). The third-order valence-electron chi connectivity index (χ3n) is 4.52. The number of hydrogen-bond acceptors (Lipinski definition) is 8. The number of nitro groups is 1. The molecule has 2 aromatic carbocycles. The van der Waals surface area contributed by atoms with E-state index in [1.165, 1.54) is 34.6 Å². The number of amides is 1. The van der Waals surface area contributed by atoms with Crippen LogP contribution in [0.2, 0.25) is 10.0 Å². The van der Waals surface area contributed by atoms with Crippen LogP contribution in [-0.4, -0.2) is 62.4 Å². The molecule has 0 atom stereocenters. The molecule has 1 fully saturated rings. The first kappa shape index (κ1) is 24.9. The molecule has 0 unspecified atom stereocenters. The lowest BCUT2D eigenvalue weighted by Crippen LogP contribution is -2.40. The van der Waals surface area contributed by atoms with Crippen LogP contribution < -0.4 is 5.32 Å². The van der Waals surface area contributed by atoms with Crippen molar-refractivity contribution in [3.63, 3.8) is 0 Å². The molecule has 1 saturated heterocycles. The van der Waals surface area contributed by atoms with Crippen molar-refractivity contribution < 1.29 is 32.4 Å². The molecule has 1 heterocycles. The number of esters is 1. The Morgan fingerprint density at radius 3 is 2.45 bits per heavy atom. The summed E-state index contributed by atoms with van der Waals surface area (Å²) in [6.07, 6.45) is 0. The third-order valence-corrected chi connectivity index (χ3v) is 7.22. The first-order valence-corrected chi connectivity index (χ1v) is 11.6. The smallest absolute Gasteiger partial charge is 0.338 e. The predicted octanol–water partition coefficient (Wildman–Crippen LogP) is 2.72. The number of rotatable bonds is 7. The van der Waals surface area contributed by atoms with Crippen LogP contribution in [0.25, 0.3) is 0 Å². The maximum absolute atomic E-state index is 12.9. The molecular weight excluding hydrogens is 501 g/mol. The molecule has 176 valence electrons. The van der Waals surface area contributed by atoms with Crippen molar-refractivity contribution in [3.8, 4) is 0 Å². The Hall–Kier alpha value is -2.77. The molecule has 0 bridgehead atoms. The lowest BCUT2D eigenvalue weighted by molar-refractivity contribution is -0.384. The number of hydrogen-bond donors (Lipinski definition) is 1. The van der Waals surface area contributed by atoms with Gasteiger partial charge in [0.1, 0.15) is 9.92 Å². The van der Waals surface area contributed by atoms with Gasteiger partial charge in [0.15, 0.2) is 6.61 Å². The maximum atomic E-state index is 12.9. The highest BCUT2D eigenvalue weighted by molar-refractivity contribution is 7.89. The average Bonchev–Trinajstić information content (AvgIpc) is 2.79. The van der Waals surface area contributed by atoms with Gasteiger partial charge >= 0.3 is 5.97 Å². The van der Waals surface area contributed by atoms with Gasteiger partial charge in [-0.2, -0.15) is 4.31 Å². The largest absolute Gasteiger partial charge is 0.452 e. The standard InChI is InChI=1S/C19H17Cl2N3O8S/c20-14-3-1-12(9-16(14)24(27)28)19(26)32-11-18(25)22-13-2-4-15(21)17(10-13)33(29,30)23-5-7-31-8-6-23/h1-4,9-10H,5-8,11H2,(H,22,25). The van der Waals surface area contributed by atoms with E-state index in [1.54, 1.807) is 0 Å². The van der Waals surface area contributed by atoms with Gasteiger partial charge in [0.05, 0.1) is 28.7 Å². The van der Waals surface area contributed by atoms with Crippen molar-refractivity contribution in [3.05, 3.63) is 62.1 Å². The minimum atomic E-state index is -3.91. The topological polar surface area (TPSA) is 145 Å². The molecule has 0 aliphatic carbocycles. The zero-order chi connectivity index (χ0) is 24.2. The van der Waals surface area contributed by atoms with Crippen molar-refractivity contribution in [2.75, 3.05) is 38.2 Å². The van der Waals surface area contributed by atoms with Gasteiger partial charge in [0.25, 0.3) is 11.6 Å². The van der Waals surface area contributed by atoms with Crippen LogP contribution >= 0.6 is 23.2 Å². The Kier molecular flexibility index (Phi) is 7.87. The van der Waals surface area contributed by atoms with E-state index in [0.29, 0.717) is 0 Å². The van der Waals surface area contributed by atoms with Gasteiger partial charge in [-0.15, -0.1) is 0 Å². The highest BCUT2D eigenvalue weighted by atomic mass is 35.5. The number of carbonyl (C=O) groups is 2. The Labute approximate surface area is 198 Å². The number of benzene rings is 2. The highest BCUT2D eigenvalue weighted by Gasteiger charge is 2.28. The number of nitrogens with one attached hydrogen (secondary N) is 1. The molecule has 1 aliphatic heterocycles. The van der Waals surface area contributed by atoms with Crippen molar-refractivity contribution in [1.29, 1.82) is 0 Å². The molecule has 0 saturated carbocycles. The fourth-order valence-electron chi connectivity index (χ4n) is 2.90. The van der Waals surface area contributed by atoms with E-state index in [1.807, 2.05) is 0 Å². The number of anilines is 1. The zero-order valence-corrected chi connectivity index (χ0v) is 19.2. The van der Waals surface area contributed by atoms with Gasteiger partial charge in [-0.25, -0.2) is 13.2 Å². The van der Waals surface area contributed by atoms with Gasteiger partial charge in [0.2, 0.25) is 10.0 Å². The summed E-state index contributed by atoms with van der Waals surface area (Å²) in [7, 11) is -3.91. The van der Waals surface area contributed by atoms with Crippen LogP contribution in [0.3, 0.4) is 0 Å². The Bertz CT molecular complexity index is 1200. The number of nitrogens with zero attached hydrogens (tertiary/aromatic N) is 2. The summed E-state index contributed by atoms with van der Waals surface area (Å²) in [6.45, 7) is 0.149. The zero-order valence-electron chi connectivity index (χ0n) is 16.8. The van der Waals surface area contributed by atoms with Crippen molar-refractivity contribution in [2.24, 2.45) is 0 Å². The second-order valence-corrected chi connectivity index (χ2v) is 9.43. The number of ether oxygens (including phenoxy) is 2. The number of morpholine rings is 1. The average molecular weight is 518 g/mol. The van der Waals surface area contributed by atoms with E-state index in [2.05, 4.69) is 5.32 Å². The van der Waals surface area contributed by atoms with E-state index in [9.17, 15) is 28.1 Å². The summed E-state index contributed by atoms with van der Waals surface area (Å²) in [5, 5.41) is 13.2. The molecule has 11 nitrogen and oxygen atoms in total. The number of carbonyl (C=O) groups excluding carboxylic acids is 2. The third kappa shape index (κ3) is 5.97. The van der Waals surface area contributed by atoms with Gasteiger partial charge in [-0.3, -0.25) is 14.9 Å². The van der Waals surface area contributed by atoms with Crippen LogP contribution in [-0.2, 0) is 24.3 Å². The van der Waals surface area contributed by atoms with Crippen molar-refractivity contribution in [1.82, 2.24) is 4.31 Å². The van der Waals surface area contributed by atoms with Crippen LogP contribution in [0.4, 0.5) is 11.4 Å². The monoisotopic (exact) mass is 517 g/mol. The first-order valence-electron chi connectivity index (χ1n) is 9.38. The molecule has 2 aromatic rings. The van der Waals surface area contributed by atoms with Crippen LogP contribution in [0.5, 0.6) is 0 Å². The minimum Gasteiger partial charge on any atom is -0.452 e. The summed E-state index contributed by atoms with van der Waals surface area (Å²) in [5.41, 5.74) is -0.524. The summed E-state index contributed by atoms with van der Waals surface area (Å²) in [4.78, 5) is 34.3. The second kappa shape index (κ2) is 10.4. The predicted molar refractivity (Wildman–Crippen MR) is 118 cm³/mol. The van der Waals surface area contributed by atoms with Gasteiger partial charge < -0.3 is 14.8 Å². The van der Waals surface area contributed by atoms with Crippen LogP contribution in [0, 0.1) is 10.1 Å². The molecule has 1 N–H and O–H groups in total. The Morgan fingerprint density at radius 2 is 1.79 bits per heavy atom. The molecule has 0 aromatic heterocycles. The van der Waals surface area contributed by atoms with Crippen LogP contribution in [0.15, 0.2) is 41.3 Å². The Balaban J connectivity index is 1.66. The molecule has 0 spiro atoms. The van der Waals surface area contributed by atoms with E-state index >= 15 is 0 Å². The SMILES string of the molecule is O=C(COC(=O)c1ccc(Cl)c([N+](=O)[O-])c1)Nc1ccc(Cl)c(S(=O)(=O)N2CCOCC2)c1. The van der Waals surface area contributed by atoms with Crippen molar-refractivity contribution in [2.45, 2.75) is 4.90 Å². The number of sulfonamides is 1. The number of nitro benzene ring substituents is 1. The summed E-state index contributed by atoms with van der Waals surface area (Å²) < 4.78 is 37.0. The molecule has 0 radical (unpaired) electrons. The fourth-order valence-corrected chi connectivity index (χ4v) is 4.99. The summed E-state index contributed by atoms with van der Waals surface area (Å²) in [5.74, 6) is -1.74. The summed E-state index contributed by atoms with van der Waals surface area (Å²) >= 11 is 11.8. The van der Waals surface area contributed by atoms with Crippen LogP contribution in [0.1, 0.15) is 10.4 Å². The fraction of sp³-hybridized carbons (Fsp3) is 0.263. The van der Waals surface area contributed by atoms with Gasteiger partial charge in [-0.05, 0) is 30.3 Å². The summed E-state index contributed by atoms with van der Waals surface area (Å²) in [6, 6.07) is 7.24. The van der Waals surface area contributed by atoms with E-state index in [4.69, 9.17) is 32.7 Å². The molecule has 33 heavy (non-hydrogen) atoms. The lowest BCUT2D eigenvalue weighted by Gasteiger charge is -2.26. The lowest BCUT2D eigenvalue weighted by atomic mass is 10.2. The van der Waals surface area contributed by atoms with Gasteiger partial charge in [-0.1, -0.05) is 23.2 Å². The van der Waals surface area contributed by atoms with Crippen molar-refractivity contribution >= 4 is 56.5 Å². The molecule has 1 amide bonds. The first-order chi connectivity index (χ1) is 15.6. The van der Waals surface area contributed by atoms with Gasteiger partial charge in [0, 0.05) is 24.8 Å². The van der Waals surface area contributed by atoms with E-state index < -0.39 is 39.1 Å². The minimum absolute atomic E-state index is 0.0183. The van der Waals surface area contributed by atoms with E-state index in [-0.39, 0.29) is 52.5 Å². The normalized spacial score (nSPS) is 14.5. The maximum Gasteiger partial charge on any atom is 0.338 e. The second-order valence-electron chi connectivity index (χ2n) is 6.71. The highest BCUT2D eigenvalue weighted by Crippen LogP contribution is 2.28.